The number of piperidine rings is 1. The lowest BCUT2D eigenvalue weighted by Gasteiger charge is -2.37. The number of halogens is 2. The molecule has 0 radical (unpaired) electrons. The van der Waals surface area contributed by atoms with Gasteiger partial charge in [0.05, 0.1) is 0 Å². The van der Waals surface area contributed by atoms with Gasteiger partial charge in [-0.05, 0) is 56.9 Å². The van der Waals surface area contributed by atoms with Crippen molar-refractivity contribution >= 4 is 35.0 Å². The molecular formula is C18H24Cl2N2O3. The standard InChI is InChI=1S/C18H24Cl2N2O3/c1-18(2,25-15-5-3-14(20)4-6-15)17(24)22-9-7-13(8-10-22)12-21-16(23)11-19/h3-6,13H,7-12H2,1-2H3,(H,21,23). The highest BCUT2D eigenvalue weighted by Crippen LogP contribution is 2.25. The molecule has 0 spiro atoms. The van der Waals surface area contributed by atoms with Gasteiger partial charge in [0.2, 0.25) is 5.91 Å². The van der Waals surface area contributed by atoms with Crippen LogP contribution in [0.2, 0.25) is 5.02 Å². The fourth-order valence-corrected chi connectivity index (χ4v) is 3.09. The number of nitrogens with one attached hydrogen (secondary N) is 1. The summed E-state index contributed by atoms with van der Waals surface area (Å²) >= 11 is 11.3. The zero-order valence-corrected chi connectivity index (χ0v) is 16.1. The van der Waals surface area contributed by atoms with E-state index in [2.05, 4.69) is 5.32 Å². The molecular weight excluding hydrogens is 363 g/mol. The predicted octanol–water partition coefficient (Wildman–Crippen LogP) is 3.09. The number of benzene rings is 1. The molecule has 2 rings (SSSR count). The first-order chi connectivity index (χ1) is 11.8. The molecule has 1 heterocycles. The quantitative estimate of drug-likeness (QED) is 0.764. The van der Waals surface area contributed by atoms with Gasteiger partial charge in [-0.1, -0.05) is 11.6 Å². The second-order valence-electron chi connectivity index (χ2n) is 6.74. The number of alkyl halides is 1. The van der Waals surface area contributed by atoms with Crippen LogP contribution in [0.1, 0.15) is 26.7 Å². The second kappa shape index (κ2) is 8.77. The summed E-state index contributed by atoms with van der Waals surface area (Å²) in [5.41, 5.74) is -0.951. The Bertz CT molecular complexity index is 597. The maximum absolute atomic E-state index is 12.8. The van der Waals surface area contributed by atoms with Crippen molar-refractivity contribution in [1.29, 1.82) is 0 Å². The third-order valence-electron chi connectivity index (χ3n) is 4.31. The van der Waals surface area contributed by atoms with Crippen LogP contribution in [0.25, 0.3) is 0 Å². The van der Waals surface area contributed by atoms with Crippen molar-refractivity contribution in [1.82, 2.24) is 10.2 Å². The summed E-state index contributed by atoms with van der Waals surface area (Å²) in [5.74, 6) is 0.773. The van der Waals surface area contributed by atoms with Gasteiger partial charge in [0, 0.05) is 24.7 Å². The normalized spacial score (nSPS) is 15.8. The molecule has 0 saturated carbocycles. The predicted molar refractivity (Wildman–Crippen MR) is 99.2 cm³/mol. The van der Waals surface area contributed by atoms with Gasteiger partial charge in [0.25, 0.3) is 5.91 Å². The van der Waals surface area contributed by atoms with Crippen LogP contribution in [0.5, 0.6) is 5.75 Å². The molecule has 1 aliphatic rings. The maximum Gasteiger partial charge on any atom is 0.266 e. The summed E-state index contributed by atoms with van der Waals surface area (Å²) in [6, 6.07) is 6.97. The SMILES string of the molecule is CC(C)(Oc1ccc(Cl)cc1)C(=O)N1CCC(CNC(=O)CCl)CC1. The number of hydrogen-bond donors (Lipinski definition) is 1. The van der Waals surface area contributed by atoms with E-state index in [0.717, 1.165) is 12.8 Å². The first kappa shape index (κ1) is 19.9. The molecule has 1 saturated heterocycles. The van der Waals surface area contributed by atoms with E-state index in [1.54, 1.807) is 38.1 Å². The van der Waals surface area contributed by atoms with Crippen molar-refractivity contribution in [2.75, 3.05) is 25.5 Å². The van der Waals surface area contributed by atoms with Gasteiger partial charge in [-0.3, -0.25) is 9.59 Å². The second-order valence-corrected chi connectivity index (χ2v) is 7.44. The fourth-order valence-electron chi connectivity index (χ4n) is 2.87. The summed E-state index contributed by atoms with van der Waals surface area (Å²) in [4.78, 5) is 25.8. The van der Waals surface area contributed by atoms with Crippen LogP contribution in [0.15, 0.2) is 24.3 Å². The van der Waals surface area contributed by atoms with Crippen molar-refractivity contribution < 1.29 is 14.3 Å². The number of ether oxygens (including phenoxy) is 1. The number of carbonyl (C=O) groups is 2. The van der Waals surface area contributed by atoms with Crippen molar-refractivity contribution in [3.8, 4) is 5.75 Å². The smallest absolute Gasteiger partial charge is 0.266 e. The lowest BCUT2D eigenvalue weighted by molar-refractivity contribution is -0.147. The molecule has 1 N–H and O–H groups in total. The minimum atomic E-state index is -0.951. The number of hydrogen-bond acceptors (Lipinski definition) is 3. The molecule has 138 valence electrons. The van der Waals surface area contributed by atoms with Gasteiger partial charge in [0.1, 0.15) is 11.6 Å². The first-order valence-electron chi connectivity index (χ1n) is 8.38. The molecule has 1 fully saturated rings. The number of rotatable bonds is 6. The van der Waals surface area contributed by atoms with Crippen molar-refractivity contribution in [2.24, 2.45) is 5.92 Å². The van der Waals surface area contributed by atoms with Gasteiger partial charge < -0.3 is 15.0 Å². The van der Waals surface area contributed by atoms with E-state index < -0.39 is 5.60 Å². The number of nitrogens with zero attached hydrogens (tertiary/aromatic N) is 1. The average molecular weight is 387 g/mol. The third-order valence-corrected chi connectivity index (χ3v) is 4.81. The van der Waals surface area contributed by atoms with Crippen LogP contribution in [0, 0.1) is 5.92 Å². The Morgan fingerprint density at radius 1 is 1.24 bits per heavy atom. The lowest BCUT2D eigenvalue weighted by atomic mass is 9.95. The molecule has 1 aliphatic heterocycles. The van der Waals surface area contributed by atoms with Crippen LogP contribution in [-0.4, -0.2) is 47.8 Å². The Morgan fingerprint density at radius 3 is 2.40 bits per heavy atom. The minimum absolute atomic E-state index is 0.0203. The summed E-state index contributed by atoms with van der Waals surface area (Å²) in [6.07, 6.45) is 1.71. The van der Waals surface area contributed by atoms with Crippen molar-refractivity contribution in [3.05, 3.63) is 29.3 Å². The Balaban J connectivity index is 1.85. The molecule has 1 aromatic rings. The zero-order chi connectivity index (χ0) is 18.4. The Labute approximate surface area is 158 Å². The van der Waals surface area contributed by atoms with Crippen molar-refractivity contribution in [3.63, 3.8) is 0 Å². The Morgan fingerprint density at radius 2 is 1.84 bits per heavy atom. The van der Waals surface area contributed by atoms with Crippen LogP contribution in [-0.2, 0) is 9.59 Å². The molecule has 0 aromatic heterocycles. The van der Waals surface area contributed by atoms with E-state index in [9.17, 15) is 9.59 Å². The molecule has 5 nitrogen and oxygen atoms in total. The lowest BCUT2D eigenvalue weighted by Crippen LogP contribution is -2.52. The van der Waals surface area contributed by atoms with Crippen LogP contribution < -0.4 is 10.1 Å². The van der Waals surface area contributed by atoms with Crippen LogP contribution >= 0.6 is 23.2 Å². The topological polar surface area (TPSA) is 58.6 Å². The van der Waals surface area contributed by atoms with E-state index >= 15 is 0 Å². The highest BCUT2D eigenvalue weighted by Gasteiger charge is 2.36. The van der Waals surface area contributed by atoms with Gasteiger partial charge >= 0.3 is 0 Å². The summed E-state index contributed by atoms with van der Waals surface area (Å²) in [5, 5.41) is 3.43. The maximum atomic E-state index is 12.8. The Kier molecular flexibility index (Phi) is 6.96. The number of carbonyl (C=O) groups excluding carboxylic acids is 2. The molecule has 0 unspecified atom stereocenters. The number of likely N-dealkylation sites (tertiary alicyclic amines) is 1. The molecule has 1 aromatic carbocycles. The van der Waals surface area contributed by atoms with Gasteiger partial charge in [-0.15, -0.1) is 11.6 Å². The zero-order valence-electron chi connectivity index (χ0n) is 14.6. The summed E-state index contributed by atoms with van der Waals surface area (Å²) in [7, 11) is 0. The van der Waals surface area contributed by atoms with E-state index in [4.69, 9.17) is 27.9 Å². The van der Waals surface area contributed by atoms with Gasteiger partial charge in [-0.25, -0.2) is 0 Å². The monoisotopic (exact) mass is 386 g/mol. The average Bonchev–Trinajstić information content (AvgIpc) is 2.61. The fraction of sp³-hybridized carbons (Fsp3) is 0.556. The number of amides is 2. The van der Waals surface area contributed by atoms with E-state index in [1.807, 2.05) is 4.90 Å². The molecule has 2 amide bonds. The minimum Gasteiger partial charge on any atom is -0.478 e. The van der Waals surface area contributed by atoms with E-state index in [-0.39, 0.29) is 17.7 Å². The third kappa shape index (κ3) is 5.79. The van der Waals surface area contributed by atoms with Crippen LogP contribution in [0.4, 0.5) is 0 Å². The highest BCUT2D eigenvalue weighted by atomic mass is 35.5. The molecule has 0 aliphatic carbocycles. The van der Waals surface area contributed by atoms with Gasteiger partial charge in [0.15, 0.2) is 5.60 Å². The largest absolute Gasteiger partial charge is 0.478 e. The van der Waals surface area contributed by atoms with Gasteiger partial charge in [-0.2, -0.15) is 0 Å². The molecule has 7 heteroatoms. The highest BCUT2D eigenvalue weighted by molar-refractivity contribution is 6.30. The molecule has 0 atom stereocenters. The van der Waals surface area contributed by atoms with Crippen LogP contribution in [0.3, 0.4) is 0 Å². The van der Waals surface area contributed by atoms with E-state index in [1.165, 1.54) is 0 Å². The first-order valence-corrected chi connectivity index (χ1v) is 9.29. The summed E-state index contributed by atoms with van der Waals surface area (Å²) in [6.45, 7) is 5.48. The Hall–Kier alpha value is -1.46. The van der Waals surface area contributed by atoms with Crippen molar-refractivity contribution in [2.45, 2.75) is 32.3 Å². The molecule has 25 heavy (non-hydrogen) atoms. The molecule has 0 bridgehead atoms. The summed E-state index contributed by atoms with van der Waals surface area (Å²) < 4.78 is 5.87. The van der Waals surface area contributed by atoms with E-state index in [0.29, 0.717) is 36.3 Å².